The highest BCUT2D eigenvalue weighted by atomic mass is 32.1. The van der Waals surface area contributed by atoms with Crippen LogP contribution in [0.1, 0.15) is 30.9 Å². The lowest BCUT2D eigenvalue weighted by molar-refractivity contribution is 0.869. The van der Waals surface area contributed by atoms with E-state index in [4.69, 9.17) is 0 Å². The van der Waals surface area contributed by atoms with Gasteiger partial charge in [0.1, 0.15) is 0 Å². The number of thiophene rings is 1. The van der Waals surface area contributed by atoms with Crippen molar-refractivity contribution in [2.45, 2.75) is 26.7 Å². The standard InChI is InChI=1S/C16H16S/c1-10(2)12-5-7-15-14(9-12)13-6-4-11(3)8-16(13)17-15/h4-10H,1-3H3. The predicted octanol–water partition coefficient (Wildman–Crippen LogP) is 5.49. The highest BCUT2D eigenvalue weighted by molar-refractivity contribution is 7.25. The Hall–Kier alpha value is -1.34. The fraction of sp³-hybridized carbons (Fsp3) is 0.250. The summed E-state index contributed by atoms with van der Waals surface area (Å²) in [6.45, 7) is 6.66. The lowest BCUT2D eigenvalue weighted by atomic mass is 10.0. The minimum absolute atomic E-state index is 0.597. The van der Waals surface area contributed by atoms with Crippen molar-refractivity contribution in [1.29, 1.82) is 0 Å². The molecule has 0 saturated carbocycles. The molecule has 17 heavy (non-hydrogen) atoms. The summed E-state index contributed by atoms with van der Waals surface area (Å²) < 4.78 is 2.80. The van der Waals surface area contributed by atoms with Crippen molar-refractivity contribution in [3.8, 4) is 0 Å². The molecule has 0 saturated heterocycles. The van der Waals surface area contributed by atoms with Crippen LogP contribution in [0.25, 0.3) is 20.2 Å². The molecule has 1 heterocycles. The third-order valence-electron chi connectivity index (χ3n) is 3.32. The molecule has 0 atom stereocenters. The van der Waals surface area contributed by atoms with Crippen LogP contribution in [-0.4, -0.2) is 0 Å². The van der Waals surface area contributed by atoms with E-state index in [9.17, 15) is 0 Å². The van der Waals surface area contributed by atoms with E-state index in [1.165, 1.54) is 31.3 Å². The molecule has 0 aliphatic rings. The predicted molar refractivity (Wildman–Crippen MR) is 78.2 cm³/mol. The van der Waals surface area contributed by atoms with Gasteiger partial charge in [-0.15, -0.1) is 11.3 Å². The molecule has 0 aliphatic carbocycles. The Kier molecular flexibility index (Phi) is 2.44. The maximum Gasteiger partial charge on any atom is 0.0358 e. The van der Waals surface area contributed by atoms with Crippen molar-refractivity contribution in [3.63, 3.8) is 0 Å². The van der Waals surface area contributed by atoms with Gasteiger partial charge in [0, 0.05) is 20.2 Å². The second-order valence-corrected chi connectivity index (χ2v) is 6.10. The van der Waals surface area contributed by atoms with Crippen LogP contribution in [0.4, 0.5) is 0 Å². The van der Waals surface area contributed by atoms with Crippen LogP contribution in [-0.2, 0) is 0 Å². The Morgan fingerprint density at radius 1 is 0.882 bits per heavy atom. The quantitative estimate of drug-likeness (QED) is 0.528. The molecule has 1 heteroatoms. The minimum atomic E-state index is 0.597. The van der Waals surface area contributed by atoms with Crippen molar-refractivity contribution in [2.75, 3.05) is 0 Å². The van der Waals surface area contributed by atoms with Gasteiger partial charge in [0.25, 0.3) is 0 Å². The van der Waals surface area contributed by atoms with Crippen LogP contribution in [0.3, 0.4) is 0 Å². The maximum absolute atomic E-state index is 2.36. The topological polar surface area (TPSA) is 0 Å². The first-order chi connectivity index (χ1) is 8.15. The minimum Gasteiger partial charge on any atom is -0.135 e. The summed E-state index contributed by atoms with van der Waals surface area (Å²) in [5, 5.41) is 2.81. The number of benzene rings is 2. The number of aryl methyl sites for hydroxylation is 1. The van der Waals surface area contributed by atoms with Crippen LogP contribution < -0.4 is 0 Å². The summed E-state index contributed by atoms with van der Waals surface area (Å²) in [5.74, 6) is 0.597. The number of hydrogen-bond acceptors (Lipinski definition) is 1. The molecule has 0 fully saturated rings. The van der Waals surface area contributed by atoms with Gasteiger partial charge in [-0.05, 0) is 42.2 Å². The van der Waals surface area contributed by atoms with E-state index in [1.54, 1.807) is 0 Å². The van der Waals surface area contributed by atoms with Gasteiger partial charge in [-0.1, -0.05) is 32.0 Å². The van der Waals surface area contributed by atoms with Crippen molar-refractivity contribution >= 4 is 31.5 Å². The Morgan fingerprint density at radius 2 is 1.71 bits per heavy atom. The Morgan fingerprint density at radius 3 is 2.47 bits per heavy atom. The third-order valence-corrected chi connectivity index (χ3v) is 4.45. The zero-order chi connectivity index (χ0) is 12.0. The van der Waals surface area contributed by atoms with E-state index in [0.717, 1.165) is 0 Å². The number of rotatable bonds is 1. The largest absolute Gasteiger partial charge is 0.135 e. The van der Waals surface area contributed by atoms with Crippen LogP contribution >= 0.6 is 11.3 Å². The molecule has 0 N–H and O–H groups in total. The average molecular weight is 240 g/mol. The van der Waals surface area contributed by atoms with Crippen LogP contribution in [0.5, 0.6) is 0 Å². The zero-order valence-electron chi connectivity index (χ0n) is 10.4. The molecule has 0 spiro atoms. The SMILES string of the molecule is Cc1ccc2c(c1)sc1ccc(C(C)C)cc12. The van der Waals surface area contributed by atoms with Crippen LogP contribution in [0.15, 0.2) is 36.4 Å². The van der Waals surface area contributed by atoms with Gasteiger partial charge in [0.2, 0.25) is 0 Å². The highest BCUT2D eigenvalue weighted by Crippen LogP contribution is 2.35. The Balaban J connectivity index is 2.37. The molecule has 0 bridgehead atoms. The molecule has 0 nitrogen and oxygen atoms in total. The molecule has 0 aliphatic heterocycles. The molecule has 1 aromatic heterocycles. The molecule has 2 aromatic carbocycles. The third kappa shape index (κ3) is 1.75. The van der Waals surface area contributed by atoms with Crippen molar-refractivity contribution in [1.82, 2.24) is 0 Å². The lowest BCUT2D eigenvalue weighted by Crippen LogP contribution is -1.85. The van der Waals surface area contributed by atoms with E-state index < -0.39 is 0 Å². The first kappa shape index (κ1) is 10.8. The van der Waals surface area contributed by atoms with Gasteiger partial charge in [-0.3, -0.25) is 0 Å². The van der Waals surface area contributed by atoms with Gasteiger partial charge in [-0.2, -0.15) is 0 Å². The van der Waals surface area contributed by atoms with E-state index in [-0.39, 0.29) is 0 Å². The van der Waals surface area contributed by atoms with E-state index in [1.807, 2.05) is 11.3 Å². The van der Waals surface area contributed by atoms with E-state index >= 15 is 0 Å². The summed E-state index contributed by atoms with van der Waals surface area (Å²) in [6.07, 6.45) is 0. The molecular formula is C16H16S. The second kappa shape index (κ2) is 3.85. The van der Waals surface area contributed by atoms with Crippen molar-refractivity contribution in [2.24, 2.45) is 0 Å². The van der Waals surface area contributed by atoms with E-state index in [2.05, 4.69) is 57.2 Å². The highest BCUT2D eigenvalue weighted by Gasteiger charge is 2.07. The van der Waals surface area contributed by atoms with Gasteiger partial charge in [0.05, 0.1) is 0 Å². The number of hydrogen-bond donors (Lipinski definition) is 0. The molecule has 3 rings (SSSR count). The molecular weight excluding hydrogens is 224 g/mol. The molecule has 86 valence electrons. The maximum atomic E-state index is 2.36. The van der Waals surface area contributed by atoms with Crippen molar-refractivity contribution in [3.05, 3.63) is 47.5 Å². The number of fused-ring (bicyclic) bond motifs is 3. The van der Waals surface area contributed by atoms with Gasteiger partial charge in [-0.25, -0.2) is 0 Å². The first-order valence-corrected chi connectivity index (χ1v) is 6.89. The molecule has 0 radical (unpaired) electrons. The van der Waals surface area contributed by atoms with Gasteiger partial charge < -0.3 is 0 Å². The summed E-state index contributed by atoms with van der Waals surface area (Å²) >= 11 is 1.90. The Bertz CT molecular complexity index is 689. The second-order valence-electron chi connectivity index (χ2n) is 5.01. The van der Waals surface area contributed by atoms with Crippen LogP contribution in [0.2, 0.25) is 0 Å². The smallest absolute Gasteiger partial charge is 0.0358 e. The lowest BCUT2D eigenvalue weighted by Gasteiger charge is -2.04. The fourth-order valence-corrected chi connectivity index (χ4v) is 3.45. The molecule has 3 aromatic rings. The summed E-state index contributed by atoms with van der Waals surface area (Å²) in [7, 11) is 0. The van der Waals surface area contributed by atoms with Gasteiger partial charge in [0.15, 0.2) is 0 Å². The summed E-state index contributed by atoms with van der Waals surface area (Å²) in [5.41, 5.74) is 2.77. The van der Waals surface area contributed by atoms with Crippen molar-refractivity contribution < 1.29 is 0 Å². The fourth-order valence-electron chi connectivity index (χ4n) is 2.26. The van der Waals surface area contributed by atoms with Gasteiger partial charge >= 0.3 is 0 Å². The first-order valence-electron chi connectivity index (χ1n) is 6.08. The van der Waals surface area contributed by atoms with E-state index in [0.29, 0.717) is 5.92 Å². The average Bonchev–Trinajstić information content (AvgIpc) is 2.64. The monoisotopic (exact) mass is 240 g/mol. The molecule has 0 amide bonds. The zero-order valence-corrected chi connectivity index (χ0v) is 11.3. The summed E-state index contributed by atoms with van der Waals surface area (Å²) in [6, 6.07) is 13.6. The normalized spacial score (nSPS) is 11.8. The summed E-state index contributed by atoms with van der Waals surface area (Å²) in [4.78, 5) is 0. The van der Waals surface area contributed by atoms with Crippen LogP contribution in [0, 0.1) is 6.92 Å². The molecule has 0 unspecified atom stereocenters. The Labute approximate surface area is 106 Å².